The van der Waals surface area contributed by atoms with Crippen molar-refractivity contribution in [1.82, 2.24) is 4.98 Å². The summed E-state index contributed by atoms with van der Waals surface area (Å²) in [6.07, 6.45) is 1.09. The fourth-order valence-electron chi connectivity index (χ4n) is 0.973. The number of rotatable bonds is 1. The standard InChI is InChI=1S/C6H6BrFN2S/c7-5-1-9-6(11-5)10-2-4(8)3-10/h1,4H,2-3H2. The lowest BCUT2D eigenvalue weighted by Gasteiger charge is -2.33. The molecule has 60 valence electrons. The summed E-state index contributed by atoms with van der Waals surface area (Å²) in [6.45, 7) is 1.000. The normalized spacial score (nSPS) is 18.5. The second-order valence-electron chi connectivity index (χ2n) is 2.45. The second-order valence-corrected chi connectivity index (χ2v) is 4.84. The summed E-state index contributed by atoms with van der Waals surface area (Å²) in [5.41, 5.74) is 0. The van der Waals surface area contributed by atoms with Gasteiger partial charge in [-0.2, -0.15) is 0 Å². The molecular weight excluding hydrogens is 231 g/mol. The number of alkyl halides is 1. The topological polar surface area (TPSA) is 16.1 Å². The summed E-state index contributed by atoms with van der Waals surface area (Å²) < 4.78 is 13.4. The van der Waals surface area contributed by atoms with Crippen LogP contribution in [0.2, 0.25) is 0 Å². The van der Waals surface area contributed by atoms with Gasteiger partial charge in [0.1, 0.15) is 6.17 Å². The van der Waals surface area contributed by atoms with Crippen LogP contribution in [-0.4, -0.2) is 24.2 Å². The van der Waals surface area contributed by atoms with Crippen LogP contribution in [0.4, 0.5) is 9.52 Å². The van der Waals surface area contributed by atoms with Crippen LogP contribution in [-0.2, 0) is 0 Å². The largest absolute Gasteiger partial charge is 0.342 e. The molecule has 0 N–H and O–H groups in total. The van der Waals surface area contributed by atoms with E-state index in [1.807, 2.05) is 4.90 Å². The Bertz CT molecular complexity index is 259. The smallest absolute Gasteiger partial charge is 0.186 e. The predicted molar refractivity (Wildman–Crippen MR) is 46.9 cm³/mol. The van der Waals surface area contributed by atoms with Gasteiger partial charge in [0.2, 0.25) is 0 Å². The average Bonchev–Trinajstić information content (AvgIpc) is 2.29. The zero-order valence-corrected chi connectivity index (χ0v) is 8.03. The molecule has 2 nitrogen and oxygen atoms in total. The summed E-state index contributed by atoms with van der Waals surface area (Å²) >= 11 is 4.84. The molecule has 0 aliphatic carbocycles. The molecule has 1 aliphatic rings. The summed E-state index contributed by atoms with van der Waals surface area (Å²) in [7, 11) is 0. The third-order valence-corrected chi connectivity index (χ3v) is 3.11. The summed E-state index contributed by atoms with van der Waals surface area (Å²) in [5.74, 6) is 0. The monoisotopic (exact) mass is 236 g/mol. The molecule has 0 unspecified atom stereocenters. The summed E-state index contributed by atoms with van der Waals surface area (Å²) in [5, 5.41) is 0.908. The molecule has 1 aromatic heterocycles. The number of thiazole rings is 1. The van der Waals surface area contributed by atoms with Crippen molar-refractivity contribution in [3.8, 4) is 0 Å². The molecule has 11 heavy (non-hydrogen) atoms. The lowest BCUT2D eigenvalue weighted by atomic mass is 10.2. The van der Waals surface area contributed by atoms with Crippen LogP contribution in [0, 0.1) is 0 Å². The number of halogens is 2. The van der Waals surface area contributed by atoms with E-state index < -0.39 is 6.17 Å². The minimum Gasteiger partial charge on any atom is -0.342 e. The van der Waals surface area contributed by atoms with Crippen molar-refractivity contribution in [3.05, 3.63) is 9.98 Å². The summed E-state index contributed by atoms with van der Waals surface area (Å²) in [6, 6.07) is 0. The summed E-state index contributed by atoms with van der Waals surface area (Å²) in [4.78, 5) is 6.03. The van der Waals surface area contributed by atoms with Gasteiger partial charge in [-0.3, -0.25) is 0 Å². The highest BCUT2D eigenvalue weighted by atomic mass is 79.9. The van der Waals surface area contributed by atoms with Gasteiger partial charge in [-0.25, -0.2) is 9.37 Å². The van der Waals surface area contributed by atoms with E-state index in [9.17, 15) is 4.39 Å². The predicted octanol–water partition coefficient (Wildman–Crippen LogP) is 2.06. The van der Waals surface area contributed by atoms with Crippen molar-refractivity contribution < 1.29 is 4.39 Å². The molecule has 1 aliphatic heterocycles. The molecular formula is C6H6BrFN2S. The quantitative estimate of drug-likeness (QED) is 0.743. The van der Waals surface area contributed by atoms with Crippen molar-refractivity contribution in [3.63, 3.8) is 0 Å². The van der Waals surface area contributed by atoms with Crippen LogP contribution in [0.5, 0.6) is 0 Å². The first kappa shape index (κ1) is 7.49. The molecule has 0 radical (unpaired) electrons. The van der Waals surface area contributed by atoms with Crippen molar-refractivity contribution in [2.24, 2.45) is 0 Å². The lowest BCUT2D eigenvalue weighted by molar-refractivity contribution is 0.274. The van der Waals surface area contributed by atoms with Crippen molar-refractivity contribution in [2.75, 3.05) is 18.0 Å². The highest BCUT2D eigenvalue weighted by Gasteiger charge is 2.27. The van der Waals surface area contributed by atoms with Crippen LogP contribution < -0.4 is 4.90 Å². The number of aromatic nitrogens is 1. The van der Waals surface area contributed by atoms with E-state index in [-0.39, 0.29) is 0 Å². The molecule has 0 spiro atoms. The van der Waals surface area contributed by atoms with E-state index in [1.54, 1.807) is 6.20 Å². The second kappa shape index (κ2) is 2.71. The van der Waals surface area contributed by atoms with Gasteiger partial charge in [0, 0.05) is 0 Å². The Balaban J connectivity index is 2.07. The molecule has 5 heteroatoms. The Labute approximate surface area is 76.2 Å². The third kappa shape index (κ3) is 1.39. The van der Waals surface area contributed by atoms with Crippen LogP contribution in [0.3, 0.4) is 0 Å². The van der Waals surface area contributed by atoms with E-state index in [0.29, 0.717) is 13.1 Å². The lowest BCUT2D eigenvalue weighted by Crippen LogP contribution is -2.48. The first-order valence-corrected chi connectivity index (χ1v) is 4.87. The van der Waals surface area contributed by atoms with Crippen molar-refractivity contribution in [1.29, 1.82) is 0 Å². The number of hydrogen-bond acceptors (Lipinski definition) is 3. The molecule has 1 aromatic rings. The van der Waals surface area contributed by atoms with Crippen molar-refractivity contribution in [2.45, 2.75) is 6.17 Å². The molecule has 2 heterocycles. The highest BCUT2D eigenvalue weighted by Crippen LogP contribution is 2.29. The highest BCUT2D eigenvalue weighted by molar-refractivity contribution is 9.11. The Hall–Kier alpha value is -0.160. The molecule has 1 saturated heterocycles. The minimum atomic E-state index is -0.655. The zero-order valence-electron chi connectivity index (χ0n) is 5.63. The third-order valence-electron chi connectivity index (χ3n) is 1.57. The number of hydrogen-bond donors (Lipinski definition) is 0. The van der Waals surface area contributed by atoms with Gasteiger partial charge >= 0.3 is 0 Å². The van der Waals surface area contributed by atoms with Crippen molar-refractivity contribution >= 4 is 32.4 Å². The molecule has 2 rings (SSSR count). The fraction of sp³-hybridized carbons (Fsp3) is 0.500. The fourth-order valence-corrected chi connectivity index (χ4v) is 2.17. The maximum atomic E-state index is 12.4. The van der Waals surface area contributed by atoms with E-state index in [4.69, 9.17) is 0 Å². The Morgan fingerprint density at radius 1 is 1.73 bits per heavy atom. The number of nitrogens with zero attached hydrogens (tertiary/aromatic N) is 2. The van der Waals surface area contributed by atoms with Gasteiger partial charge in [-0.1, -0.05) is 11.3 Å². The van der Waals surface area contributed by atoms with Gasteiger partial charge in [-0.05, 0) is 15.9 Å². The first-order chi connectivity index (χ1) is 5.25. The maximum Gasteiger partial charge on any atom is 0.186 e. The maximum absolute atomic E-state index is 12.4. The molecule has 1 fully saturated rings. The van der Waals surface area contributed by atoms with E-state index >= 15 is 0 Å². The van der Waals surface area contributed by atoms with Crippen LogP contribution >= 0.6 is 27.3 Å². The minimum absolute atomic E-state index is 0.500. The van der Waals surface area contributed by atoms with Crippen LogP contribution in [0.25, 0.3) is 0 Å². The SMILES string of the molecule is FC1CN(c2ncc(Br)s2)C1. The van der Waals surface area contributed by atoms with E-state index in [0.717, 1.165) is 8.92 Å². The Morgan fingerprint density at radius 2 is 2.45 bits per heavy atom. The average molecular weight is 237 g/mol. The van der Waals surface area contributed by atoms with Gasteiger partial charge in [0.05, 0.1) is 23.1 Å². The van der Waals surface area contributed by atoms with Gasteiger partial charge in [0.15, 0.2) is 5.13 Å². The number of anilines is 1. The Morgan fingerprint density at radius 3 is 2.91 bits per heavy atom. The van der Waals surface area contributed by atoms with Gasteiger partial charge in [0.25, 0.3) is 0 Å². The molecule has 0 saturated carbocycles. The van der Waals surface area contributed by atoms with Gasteiger partial charge in [-0.15, -0.1) is 0 Å². The zero-order chi connectivity index (χ0) is 7.84. The first-order valence-electron chi connectivity index (χ1n) is 3.26. The Kier molecular flexibility index (Phi) is 1.85. The van der Waals surface area contributed by atoms with Crippen LogP contribution in [0.1, 0.15) is 0 Å². The molecule has 0 bridgehead atoms. The van der Waals surface area contributed by atoms with Gasteiger partial charge < -0.3 is 4.90 Å². The van der Waals surface area contributed by atoms with E-state index in [1.165, 1.54) is 11.3 Å². The molecule has 0 aromatic carbocycles. The molecule has 0 amide bonds. The molecule has 0 atom stereocenters. The van der Waals surface area contributed by atoms with E-state index in [2.05, 4.69) is 20.9 Å². The van der Waals surface area contributed by atoms with Crippen LogP contribution in [0.15, 0.2) is 9.98 Å².